The highest BCUT2D eigenvalue weighted by molar-refractivity contribution is 5.41. The van der Waals surface area contributed by atoms with E-state index in [0.717, 1.165) is 56.5 Å². The first-order valence-corrected chi connectivity index (χ1v) is 8.74. The lowest BCUT2D eigenvalue weighted by molar-refractivity contribution is 0.197. The van der Waals surface area contributed by atoms with Crippen molar-refractivity contribution in [1.29, 1.82) is 0 Å². The molecule has 5 heteroatoms. The minimum Gasteiger partial charge on any atom is -0.493 e. The van der Waals surface area contributed by atoms with E-state index in [-0.39, 0.29) is 0 Å². The molecule has 1 aromatic carbocycles. The third-order valence-electron chi connectivity index (χ3n) is 5.11. The molecule has 1 unspecified atom stereocenters. The van der Waals surface area contributed by atoms with Crippen molar-refractivity contribution in [2.75, 3.05) is 37.7 Å². The first kappa shape index (κ1) is 15.4. The Hall–Kier alpha value is -2.14. The van der Waals surface area contributed by atoms with Gasteiger partial charge in [-0.25, -0.2) is 9.97 Å². The van der Waals surface area contributed by atoms with Crippen LogP contribution in [0.5, 0.6) is 5.75 Å². The van der Waals surface area contributed by atoms with Crippen molar-refractivity contribution in [2.45, 2.75) is 26.3 Å². The minimum absolute atomic E-state index is 0.403. The number of hydrogen-bond donors (Lipinski definition) is 0. The number of nitrogens with zero attached hydrogens (tertiary/aromatic N) is 4. The topological polar surface area (TPSA) is 41.5 Å². The number of anilines is 1. The van der Waals surface area contributed by atoms with Crippen LogP contribution in [0.3, 0.4) is 0 Å². The van der Waals surface area contributed by atoms with E-state index in [1.165, 1.54) is 11.1 Å². The zero-order valence-corrected chi connectivity index (χ0v) is 14.4. The Bertz CT molecular complexity index is 708. The molecule has 0 N–H and O–H groups in total. The summed E-state index contributed by atoms with van der Waals surface area (Å²) in [4.78, 5) is 13.7. The van der Waals surface area contributed by atoms with Crippen molar-refractivity contribution in [3.05, 3.63) is 47.3 Å². The van der Waals surface area contributed by atoms with Gasteiger partial charge in [-0.2, -0.15) is 0 Å². The number of hydrogen-bond acceptors (Lipinski definition) is 5. The van der Waals surface area contributed by atoms with Crippen LogP contribution in [0.1, 0.15) is 29.7 Å². The van der Waals surface area contributed by atoms with E-state index in [1.807, 2.05) is 19.3 Å². The Balaban J connectivity index is 1.41. The fraction of sp³-hybridized carbons (Fsp3) is 0.474. The Labute approximate surface area is 143 Å². The number of ether oxygens (including phenoxy) is 1. The third kappa shape index (κ3) is 2.96. The van der Waals surface area contributed by atoms with Gasteiger partial charge >= 0.3 is 0 Å². The summed E-state index contributed by atoms with van der Waals surface area (Å²) >= 11 is 0. The van der Waals surface area contributed by atoms with Gasteiger partial charge < -0.3 is 9.64 Å². The van der Waals surface area contributed by atoms with Crippen LogP contribution in [-0.2, 0) is 6.42 Å². The molecule has 2 aliphatic heterocycles. The fourth-order valence-corrected chi connectivity index (χ4v) is 3.51. The van der Waals surface area contributed by atoms with E-state index in [1.54, 1.807) is 0 Å². The van der Waals surface area contributed by atoms with Crippen molar-refractivity contribution in [3.63, 3.8) is 0 Å². The van der Waals surface area contributed by atoms with Gasteiger partial charge in [-0.1, -0.05) is 12.1 Å². The van der Waals surface area contributed by atoms with Gasteiger partial charge in [-0.15, -0.1) is 0 Å². The van der Waals surface area contributed by atoms with Crippen molar-refractivity contribution < 1.29 is 4.74 Å². The van der Waals surface area contributed by atoms with Crippen LogP contribution < -0.4 is 9.64 Å². The lowest BCUT2D eigenvalue weighted by Crippen LogP contribution is -2.47. The first-order valence-electron chi connectivity index (χ1n) is 8.74. The van der Waals surface area contributed by atoms with Crippen LogP contribution in [0.2, 0.25) is 0 Å². The first-order chi connectivity index (χ1) is 11.7. The quantitative estimate of drug-likeness (QED) is 0.868. The molecule has 1 saturated heterocycles. The predicted molar refractivity (Wildman–Crippen MR) is 94.6 cm³/mol. The molecule has 0 amide bonds. The van der Waals surface area contributed by atoms with Crippen LogP contribution in [0.25, 0.3) is 0 Å². The molecule has 1 fully saturated rings. The van der Waals surface area contributed by atoms with Crippen LogP contribution in [0.15, 0.2) is 30.6 Å². The molecule has 0 bridgehead atoms. The number of piperazine rings is 1. The summed E-state index contributed by atoms with van der Waals surface area (Å²) < 4.78 is 5.72. The second-order valence-corrected chi connectivity index (χ2v) is 6.73. The summed E-state index contributed by atoms with van der Waals surface area (Å²) in [6, 6.07) is 7.11. The van der Waals surface area contributed by atoms with E-state index in [2.05, 4.69) is 44.9 Å². The zero-order valence-electron chi connectivity index (χ0n) is 14.4. The molecular formula is C19H24N4O. The van der Waals surface area contributed by atoms with Crippen LogP contribution in [-0.4, -0.2) is 47.7 Å². The smallest absolute Gasteiger partial charge is 0.225 e. The molecule has 0 radical (unpaired) electrons. The van der Waals surface area contributed by atoms with Crippen LogP contribution in [0, 0.1) is 6.92 Å². The highest BCUT2D eigenvalue weighted by Gasteiger charge is 2.24. The second kappa shape index (κ2) is 6.40. The third-order valence-corrected chi connectivity index (χ3v) is 5.11. The Morgan fingerprint density at radius 1 is 1.08 bits per heavy atom. The molecule has 0 aliphatic carbocycles. The average Bonchev–Trinajstić information content (AvgIpc) is 3.09. The SMILES string of the molecule is Cc1cnc(N2CCN(C(C)c3ccc4c(c3)OCC4)CC2)nc1. The maximum atomic E-state index is 5.72. The molecular weight excluding hydrogens is 300 g/mol. The maximum Gasteiger partial charge on any atom is 0.225 e. The Kier molecular flexibility index (Phi) is 4.10. The van der Waals surface area contributed by atoms with E-state index in [0.29, 0.717) is 6.04 Å². The summed E-state index contributed by atoms with van der Waals surface area (Å²) in [6.45, 7) is 9.11. The lowest BCUT2D eigenvalue weighted by Gasteiger charge is -2.38. The van der Waals surface area contributed by atoms with E-state index in [9.17, 15) is 0 Å². The molecule has 2 aliphatic rings. The van der Waals surface area contributed by atoms with Crippen molar-refractivity contribution in [1.82, 2.24) is 14.9 Å². The summed E-state index contributed by atoms with van der Waals surface area (Å²) in [6.07, 6.45) is 4.82. The molecule has 3 heterocycles. The zero-order chi connectivity index (χ0) is 16.5. The predicted octanol–water partition coefficient (Wildman–Crippen LogP) is 2.60. The van der Waals surface area contributed by atoms with Crippen molar-refractivity contribution >= 4 is 5.95 Å². The van der Waals surface area contributed by atoms with Gasteiger partial charge in [0.15, 0.2) is 0 Å². The van der Waals surface area contributed by atoms with Crippen LogP contribution >= 0.6 is 0 Å². The second-order valence-electron chi connectivity index (χ2n) is 6.73. The van der Waals surface area contributed by atoms with E-state index < -0.39 is 0 Å². The summed E-state index contributed by atoms with van der Waals surface area (Å²) in [5.74, 6) is 1.92. The number of rotatable bonds is 3. The highest BCUT2D eigenvalue weighted by Crippen LogP contribution is 2.31. The molecule has 0 spiro atoms. The molecule has 5 nitrogen and oxygen atoms in total. The van der Waals surface area contributed by atoms with E-state index >= 15 is 0 Å². The van der Waals surface area contributed by atoms with Crippen molar-refractivity contribution in [2.24, 2.45) is 0 Å². The Morgan fingerprint density at radius 2 is 1.83 bits per heavy atom. The molecule has 0 saturated carbocycles. The van der Waals surface area contributed by atoms with Crippen LogP contribution in [0.4, 0.5) is 5.95 Å². The van der Waals surface area contributed by atoms with Gasteiger partial charge in [-0.3, -0.25) is 4.90 Å². The molecule has 4 rings (SSSR count). The summed E-state index contributed by atoms with van der Waals surface area (Å²) in [5, 5.41) is 0. The Morgan fingerprint density at radius 3 is 2.58 bits per heavy atom. The molecule has 2 aromatic rings. The molecule has 1 atom stereocenters. The van der Waals surface area contributed by atoms with Gasteiger partial charge in [0.25, 0.3) is 0 Å². The number of benzene rings is 1. The average molecular weight is 324 g/mol. The van der Waals surface area contributed by atoms with Crippen molar-refractivity contribution in [3.8, 4) is 5.75 Å². The summed E-state index contributed by atoms with van der Waals surface area (Å²) in [7, 11) is 0. The van der Waals surface area contributed by atoms with Gasteiger partial charge in [-0.05, 0) is 36.6 Å². The van der Waals surface area contributed by atoms with Gasteiger partial charge in [0, 0.05) is 51.0 Å². The molecule has 126 valence electrons. The number of aryl methyl sites for hydroxylation is 1. The largest absolute Gasteiger partial charge is 0.493 e. The number of aromatic nitrogens is 2. The summed E-state index contributed by atoms with van der Waals surface area (Å²) in [5.41, 5.74) is 3.79. The fourth-order valence-electron chi connectivity index (χ4n) is 3.51. The maximum absolute atomic E-state index is 5.72. The molecule has 1 aromatic heterocycles. The molecule has 24 heavy (non-hydrogen) atoms. The standard InChI is InChI=1S/C19H24N4O/c1-14-12-20-19(21-13-14)23-8-6-22(7-9-23)15(2)17-4-3-16-5-10-24-18(16)11-17/h3-4,11-13,15H,5-10H2,1-2H3. The van der Waals surface area contributed by atoms with Gasteiger partial charge in [0.1, 0.15) is 5.75 Å². The minimum atomic E-state index is 0.403. The monoisotopic (exact) mass is 324 g/mol. The van der Waals surface area contributed by atoms with Gasteiger partial charge in [0.05, 0.1) is 6.61 Å². The normalized spacial score (nSPS) is 19.0. The number of fused-ring (bicyclic) bond motifs is 1. The van der Waals surface area contributed by atoms with E-state index in [4.69, 9.17) is 4.74 Å². The lowest BCUT2D eigenvalue weighted by atomic mass is 10.0. The highest BCUT2D eigenvalue weighted by atomic mass is 16.5. The van der Waals surface area contributed by atoms with Gasteiger partial charge in [0.2, 0.25) is 5.95 Å².